The molecule has 0 saturated carbocycles. The molecule has 1 aliphatic heterocycles. The summed E-state index contributed by atoms with van der Waals surface area (Å²) in [7, 11) is 0. The molecule has 1 rings (SSSR count). The van der Waals surface area contributed by atoms with Gasteiger partial charge in [0.15, 0.2) is 5.84 Å². The zero-order valence-electron chi connectivity index (χ0n) is 7.16. The molecular formula is C8H10N2O3. The number of amidine groups is 1. The maximum atomic E-state index is 11.3. The van der Waals surface area contributed by atoms with Gasteiger partial charge < -0.3 is 10.2 Å². The van der Waals surface area contributed by atoms with Gasteiger partial charge >= 0.3 is 0 Å². The van der Waals surface area contributed by atoms with E-state index in [0.29, 0.717) is 0 Å². The lowest BCUT2D eigenvalue weighted by molar-refractivity contribution is -0.110. The van der Waals surface area contributed by atoms with E-state index < -0.39 is 19.0 Å². The van der Waals surface area contributed by atoms with Crippen LogP contribution in [-0.4, -0.2) is 40.8 Å². The van der Waals surface area contributed by atoms with Crippen molar-refractivity contribution in [2.75, 3.05) is 13.2 Å². The zero-order chi connectivity index (χ0) is 10.0. The summed E-state index contributed by atoms with van der Waals surface area (Å²) in [4.78, 5) is 15.0. The van der Waals surface area contributed by atoms with Gasteiger partial charge in [0, 0.05) is 11.1 Å². The fraction of sp³-hybridized carbons (Fsp3) is 0.375. The van der Waals surface area contributed by atoms with E-state index in [1.807, 2.05) is 0 Å². The number of carbonyl (C=O) groups excluding carboxylic acids is 1. The third-order valence-electron chi connectivity index (χ3n) is 1.85. The zero-order valence-corrected chi connectivity index (χ0v) is 7.16. The SMILES string of the molecule is CC1=NC(=N)C(CO)=C(CO)C1=O. The molecule has 0 fully saturated rings. The van der Waals surface area contributed by atoms with E-state index in [1.165, 1.54) is 6.92 Å². The predicted molar refractivity (Wildman–Crippen MR) is 47.0 cm³/mol. The number of nitrogens with zero attached hydrogens (tertiary/aromatic N) is 1. The average Bonchev–Trinajstić information content (AvgIpc) is 2.10. The van der Waals surface area contributed by atoms with E-state index in [-0.39, 0.29) is 22.7 Å². The molecule has 0 spiro atoms. The third kappa shape index (κ3) is 1.56. The van der Waals surface area contributed by atoms with Gasteiger partial charge in [-0.1, -0.05) is 0 Å². The van der Waals surface area contributed by atoms with Gasteiger partial charge in [-0.05, 0) is 6.92 Å². The Morgan fingerprint density at radius 3 is 2.31 bits per heavy atom. The fourth-order valence-electron chi connectivity index (χ4n) is 1.12. The van der Waals surface area contributed by atoms with Crippen LogP contribution >= 0.6 is 0 Å². The van der Waals surface area contributed by atoms with Crippen LogP contribution in [0.25, 0.3) is 0 Å². The van der Waals surface area contributed by atoms with Crippen molar-refractivity contribution in [3.63, 3.8) is 0 Å². The molecule has 13 heavy (non-hydrogen) atoms. The highest BCUT2D eigenvalue weighted by Crippen LogP contribution is 2.13. The number of carbonyl (C=O) groups is 1. The van der Waals surface area contributed by atoms with Crippen LogP contribution in [0.4, 0.5) is 0 Å². The van der Waals surface area contributed by atoms with Crippen molar-refractivity contribution >= 4 is 17.3 Å². The molecule has 0 aromatic rings. The summed E-state index contributed by atoms with van der Waals surface area (Å²) < 4.78 is 0. The fourth-order valence-corrected chi connectivity index (χ4v) is 1.12. The van der Waals surface area contributed by atoms with Gasteiger partial charge in [-0.15, -0.1) is 0 Å². The minimum Gasteiger partial charge on any atom is -0.392 e. The second-order valence-corrected chi connectivity index (χ2v) is 2.65. The average molecular weight is 182 g/mol. The first-order valence-corrected chi connectivity index (χ1v) is 3.74. The molecule has 0 aromatic carbocycles. The number of nitrogens with one attached hydrogen (secondary N) is 1. The van der Waals surface area contributed by atoms with E-state index in [1.54, 1.807) is 0 Å². The summed E-state index contributed by atoms with van der Waals surface area (Å²) >= 11 is 0. The standard InChI is InChI=1S/C8H10N2O3/c1-4-7(13)5(2-11)6(3-12)8(9)10-4/h9,11-12H,2-3H2,1H3. The highest BCUT2D eigenvalue weighted by molar-refractivity contribution is 6.49. The Kier molecular flexibility index (Phi) is 2.69. The van der Waals surface area contributed by atoms with Gasteiger partial charge in [0.25, 0.3) is 0 Å². The first kappa shape index (κ1) is 9.76. The van der Waals surface area contributed by atoms with E-state index in [4.69, 9.17) is 15.6 Å². The summed E-state index contributed by atoms with van der Waals surface area (Å²) in [5, 5.41) is 25.0. The number of aliphatic hydroxyl groups is 2. The van der Waals surface area contributed by atoms with Crippen molar-refractivity contribution in [3.05, 3.63) is 11.1 Å². The third-order valence-corrected chi connectivity index (χ3v) is 1.85. The second-order valence-electron chi connectivity index (χ2n) is 2.65. The Labute approximate surface area is 74.9 Å². The van der Waals surface area contributed by atoms with E-state index >= 15 is 0 Å². The normalized spacial score (nSPS) is 17.9. The lowest BCUT2D eigenvalue weighted by Gasteiger charge is -2.14. The Hall–Kier alpha value is -1.33. The lowest BCUT2D eigenvalue weighted by atomic mass is 9.98. The molecule has 0 aliphatic carbocycles. The monoisotopic (exact) mass is 182 g/mol. The molecule has 1 heterocycles. The van der Waals surface area contributed by atoms with Crippen molar-refractivity contribution in [1.29, 1.82) is 5.41 Å². The maximum Gasteiger partial charge on any atom is 0.205 e. The van der Waals surface area contributed by atoms with Gasteiger partial charge in [-0.25, -0.2) is 4.99 Å². The topological polar surface area (TPSA) is 93.7 Å². The quantitative estimate of drug-likeness (QED) is 0.526. The molecule has 0 saturated heterocycles. The minimum atomic E-state index is -0.468. The van der Waals surface area contributed by atoms with Crippen molar-refractivity contribution < 1.29 is 15.0 Å². The van der Waals surface area contributed by atoms with E-state index in [2.05, 4.69) is 4.99 Å². The second kappa shape index (κ2) is 3.59. The van der Waals surface area contributed by atoms with Crippen molar-refractivity contribution in [1.82, 2.24) is 0 Å². The van der Waals surface area contributed by atoms with Crippen LogP contribution in [0.1, 0.15) is 6.92 Å². The van der Waals surface area contributed by atoms with Crippen molar-refractivity contribution in [2.24, 2.45) is 4.99 Å². The number of dihydropyridines is 1. The van der Waals surface area contributed by atoms with Gasteiger partial charge in [0.2, 0.25) is 5.78 Å². The van der Waals surface area contributed by atoms with Gasteiger partial charge in [0.1, 0.15) is 0 Å². The number of rotatable bonds is 2. The highest BCUT2D eigenvalue weighted by atomic mass is 16.3. The molecule has 5 nitrogen and oxygen atoms in total. The molecule has 0 radical (unpaired) electrons. The highest BCUT2D eigenvalue weighted by Gasteiger charge is 2.24. The number of hydrogen-bond acceptors (Lipinski definition) is 4. The van der Waals surface area contributed by atoms with Crippen molar-refractivity contribution in [3.8, 4) is 0 Å². The summed E-state index contributed by atoms with van der Waals surface area (Å²) in [6, 6.07) is 0. The molecular weight excluding hydrogens is 172 g/mol. The summed E-state index contributed by atoms with van der Waals surface area (Å²) in [6.07, 6.45) is 0. The Bertz CT molecular complexity index is 328. The molecule has 0 aromatic heterocycles. The minimum absolute atomic E-state index is 0.0694. The van der Waals surface area contributed by atoms with Crippen LogP contribution in [0.15, 0.2) is 16.1 Å². The predicted octanol–water partition coefficient (Wildman–Crippen LogP) is -0.712. The lowest BCUT2D eigenvalue weighted by Crippen LogP contribution is -2.27. The van der Waals surface area contributed by atoms with Crippen LogP contribution in [0.2, 0.25) is 0 Å². The molecule has 1 aliphatic rings. The number of aliphatic hydroxyl groups excluding tert-OH is 2. The first-order chi connectivity index (χ1) is 6.11. The largest absolute Gasteiger partial charge is 0.392 e. The number of ketones is 1. The van der Waals surface area contributed by atoms with Crippen LogP contribution < -0.4 is 0 Å². The van der Waals surface area contributed by atoms with E-state index in [0.717, 1.165) is 0 Å². The molecule has 70 valence electrons. The van der Waals surface area contributed by atoms with Crippen LogP contribution in [-0.2, 0) is 4.79 Å². The van der Waals surface area contributed by atoms with Gasteiger partial charge in [0.05, 0.1) is 18.9 Å². The number of Topliss-reactive ketones (excluding diaryl/α,β-unsaturated/α-hetero) is 1. The summed E-state index contributed by atoms with van der Waals surface area (Å²) in [5.41, 5.74) is 0.351. The number of hydrogen-bond donors (Lipinski definition) is 3. The van der Waals surface area contributed by atoms with Crippen molar-refractivity contribution in [2.45, 2.75) is 6.92 Å². The molecule has 3 N–H and O–H groups in total. The molecule has 0 amide bonds. The molecule has 0 bridgehead atoms. The van der Waals surface area contributed by atoms with Gasteiger partial charge in [-0.3, -0.25) is 10.2 Å². The Balaban J connectivity index is 3.19. The molecule has 0 unspecified atom stereocenters. The number of aliphatic imine (C=N–C) groups is 1. The summed E-state index contributed by atoms with van der Waals surface area (Å²) in [5.74, 6) is -0.550. The van der Waals surface area contributed by atoms with Crippen LogP contribution in [0.3, 0.4) is 0 Å². The Morgan fingerprint density at radius 1 is 1.31 bits per heavy atom. The maximum absolute atomic E-state index is 11.3. The molecule has 5 heteroatoms. The molecule has 0 atom stereocenters. The summed E-state index contributed by atoms with van der Waals surface area (Å²) in [6.45, 7) is 0.557. The van der Waals surface area contributed by atoms with Gasteiger partial charge in [-0.2, -0.15) is 0 Å². The Morgan fingerprint density at radius 2 is 1.85 bits per heavy atom. The smallest absolute Gasteiger partial charge is 0.205 e. The van der Waals surface area contributed by atoms with Crippen LogP contribution in [0, 0.1) is 5.41 Å². The first-order valence-electron chi connectivity index (χ1n) is 3.74. The van der Waals surface area contributed by atoms with E-state index in [9.17, 15) is 4.79 Å². The van der Waals surface area contributed by atoms with Crippen LogP contribution in [0.5, 0.6) is 0 Å².